The zero-order valence-electron chi connectivity index (χ0n) is 19.5. The van der Waals surface area contributed by atoms with Gasteiger partial charge in [-0.2, -0.15) is 0 Å². The van der Waals surface area contributed by atoms with E-state index in [0.29, 0.717) is 40.5 Å². The van der Waals surface area contributed by atoms with E-state index in [4.69, 9.17) is 16.2 Å². The first kappa shape index (κ1) is 22.4. The molecule has 0 bridgehead atoms. The van der Waals surface area contributed by atoms with Gasteiger partial charge in [0.1, 0.15) is 23.0 Å². The van der Waals surface area contributed by atoms with E-state index in [1.807, 2.05) is 12.1 Å². The number of hydrogen-bond acceptors (Lipinski definition) is 7. The Labute approximate surface area is 202 Å². The number of methoxy groups -OCH3 is 1. The van der Waals surface area contributed by atoms with Gasteiger partial charge < -0.3 is 26.5 Å². The Hall–Kier alpha value is -4.42. The fourth-order valence-corrected chi connectivity index (χ4v) is 4.04. The Morgan fingerprint density at radius 2 is 1.89 bits per heavy atom. The fourth-order valence-electron chi connectivity index (χ4n) is 4.04. The number of amides is 1. The van der Waals surface area contributed by atoms with Crippen molar-refractivity contribution in [1.29, 1.82) is 0 Å². The summed E-state index contributed by atoms with van der Waals surface area (Å²) < 4.78 is 5.12. The number of aromatic amines is 1. The molecule has 0 spiro atoms. The Morgan fingerprint density at radius 1 is 1.11 bits per heavy atom. The first-order chi connectivity index (χ1) is 16.9. The van der Waals surface area contributed by atoms with Gasteiger partial charge in [0, 0.05) is 18.4 Å². The molecule has 4 aromatic rings. The van der Waals surface area contributed by atoms with Crippen LogP contribution in [0.15, 0.2) is 42.5 Å². The van der Waals surface area contributed by atoms with Gasteiger partial charge in [0.2, 0.25) is 5.82 Å². The molecule has 0 unspecified atom stereocenters. The van der Waals surface area contributed by atoms with Crippen LogP contribution in [0.25, 0.3) is 11.0 Å². The number of nitrogen functional groups attached to an aromatic ring is 2. The number of rotatable bonds is 5. The molecule has 35 heavy (non-hydrogen) atoms. The van der Waals surface area contributed by atoms with E-state index in [9.17, 15) is 4.79 Å². The van der Waals surface area contributed by atoms with Gasteiger partial charge in [0.15, 0.2) is 0 Å². The smallest absolute Gasteiger partial charge is 0.293 e. The number of nitrogens with zero attached hydrogens (tertiary/aromatic N) is 3. The van der Waals surface area contributed by atoms with Gasteiger partial charge in [-0.3, -0.25) is 4.79 Å². The monoisotopic (exact) mass is 467 g/mol. The van der Waals surface area contributed by atoms with Crippen molar-refractivity contribution in [2.24, 2.45) is 0 Å². The summed E-state index contributed by atoms with van der Waals surface area (Å²) in [6, 6.07) is 12.7. The van der Waals surface area contributed by atoms with Crippen molar-refractivity contribution in [1.82, 2.24) is 19.9 Å². The zero-order chi connectivity index (χ0) is 24.6. The number of aromatic nitrogens is 4. The standard InChI is InChI=1S/C26H25N7O2/c1-26(12-13-26)21-18(11-10-16-4-3-5-19(27)29-16)31-23-20(21)22(28)32-24(33-23)25(34)30-17-8-6-15(7-9-17)14-35-2/h3-9H,12-14H2,1-2H3,(H2,27,29)(H,30,34)(H3,28,31,32,33). The van der Waals surface area contributed by atoms with Crippen molar-refractivity contribution in [3.05, 3.63) is 70.8 Å². The molecule has 9 nitrogen and oxygen atoms in total. The highest BCUT2D eigenvalue weighted by molar-refractivity contribution is 6.04. The molecule has 1 saturated carbocycles. The minimum atomic E-state index is -0.455. The maximum absolute atomic E-state index is 12.9. The maximum atomic E-state index is 12.9. The number of nitrogens with two attached hydrogens (primary N) is 2. The lowest BCUT2D eigenvalue weighted by atomic mass is 9.95. The Kier molecular flexibility index (Phi) is 5.59. The van der Waals surface area contributed by atoms with Crippen LogP contribution in [0.3, 0.4) is 0 Å². The van der Waals surface area contributed by atoms with Gasteiger partial charge in [-0.15, -0.1) is 0 Å². The summed E-state index contributed by atoms with van der Waals surface area (Å²) in [7, 11) is 1.63. The van der Waals surface area contributed by atoms with Crippen molar-refractivity contribution >= 4 is 34.3 Å². The van der Waals surface area contributed by atoms with Crippen LogP contribution in [0.2, 0.25) is 0 Å². The second-order valence-electron chi connectivity index (χ2n) is 8.87. The highest BCUT2D eigenvalue weighted by Gasteiger charge is 2.43. The third-order valence-corrected chi connectivity index (χ3v) is 6.10. The number of benzene rings is 1. The first-order valence-corrected chi connectivity index (χ1v) is 11.2. The predicted molar refractivity (Wildman–Crippen MR) is 135 cm³/mol. The van der Waals surface area contributed by atoms with E-state index in [0.717, 1.165) is 24.0 Å². The van der Waals surface area contributed by atoms with Crippen LogP contribution in [0.1, 0.15) is 52.9 Å². The summed E-state index contributed by atoms with van der Waals surface area (Å²) in [4.78, 5) is 29.2. The second-order valence-corrected chi connectivity index (χ2v) is 8.87. The van der Waals surface area contributed by atoms with Crippen LogP contribution >= 0.6 is 0 Å². The maximum Gasteiger partial charge on any atom is 0.293 e. The number of anilines is 3. The van der Waals surface area contributed by atoms with Crippen LogP contribution in [0.4, 0.5) is 17.3 Å². The van der Waals surface area contributed by atoms with Crippen LogP contribution in [-0.2, 0) is 16.8 Å². The molecule has 6 N–H and O–H groups in total. The molecule has 1 fully saturated rings. The number of carbonyl (C=O) groups excluding carboxylic acids is 1. The van der Waals surface area contributed by atoms with Gasteiger partial charge in [-0.1, -0.05) is 25.1 Å². The number of carbonyl (C=O) groups is 1. The number of H-pyrrole nitrogens is 1. The van der Waals surface area contributed by atoms with Crippen molar-refractivity contribution in [3.63, 3.8) is 0 Å². The largest absolute Gasteiger partial charge is 0.384 e. The van der Waals surface area contributed by atoms with Crippen molar-refractivity contribution in [3.8, 4) is 11.8 Å². The highest BCUT2D eigenvalue weighted by atomic mass is 16.5. The average Bonchev–Trinajstić information content (AvgIpc) is 3.45. The van der Waals surface area contributed by atoms with E-state index in [-0.39, 0.29) is 17.1 Å². The molecule has 3 heterocycles. The molecule has 0 aliphatic heterocycles. The summed E-state index contributed by atoms with van der Waals surface area (Å²) >= 11 is 0. The lowest BCUT2D eigenvalue weighted by molar-refractivity contribution is 0.101. The minimum absolute atomic E-state index is 0.0262. The molecule has 9 heteroatoms. The topological polar surface area (TPSA) is 145 Å². The summed E-state index contributed by atoms with van der Waals surface area (Å²) in [6.07, 6.45) is 2.01. The molecule has 1 aliphatic rings. The molecule has 0 atom stereocenters. The molecule has 5 rings (SSSR count). The highest BCUT2D eigenvalue weighted by Crippen LogP contribution is 2.51. The number of hydrogen-bond donors (Lipinski definition) is 4. The van der Waals surface area contributed by atoms with Crippen molar-refractivity contribution in [2.75, 3.05) is 23.9 Å². The van der Waals surface area contributed by atoms with E-state index in [2.05, 4.69) is 44.0 Å². The molecule has 1 aliphatic carbocycles. The van der Waals surface area contributed by atoms with Gasteiger partial charge in [0.05, 0.1) is 17.7 Å². The Bertz CT molecular complexity index is 1490. The summed E-state index contributed by atoms with van der Waals surface area (Å²) in [5.74, 6) is 6.39. The molecule has 0 radical (unpaired) electrons. The Balaban J connectivity index is 1.50. The van der Waals surface area contributed by atoms with E-state index < -0.39 is 5.91 Å². The fraction of sp³-hybridized carbons (Fsp3) is 0.231. The first-order valence-electron chi connectivity index (χ1n) is 11.2. The predicted octanol–water partition coefficient (Wildman–Crippen LogP) is 3.37. The molecule has 0 saturated heterocycles. The van der Waals surface area contributed by atoms with Crippen LogP contribution in [0, 0.1) is 11.8 Å². The van der Waals surface area contributed by atoms with Gasteiger partial charge >= 0.3 is 0 Å². The van der Waals surface area contributed by atoms with Gasteiger partial charge in [-0.25, -0.2) is 15.0 Å². The third kappa shape index (κ3) is 4.52. The molecule has 176 valence electrons. The zero-order valence-corrected chi connectivity index (χ0v) is 19.5. The number of fused-ring (bicyclic) bond motifs is 1. The molecule has 1 amide bonds. The molecule has 3 aromatic heterocycles. The summed E-state index contributed by atoms with van der Waals surface area (Å²) in [5, 5.41) is 3.52. The SMILES string of the molecule is COCc1ccc(NC(=O)c2nc(N)c3c(C4(C)CC4)c(C#Cc4cccc(N)n4)[nH]c3n2)cc1. The minimum Gasteiger partial charge on any atom is -0.384 e. The summed E-state index contributed by atoms with van der Waals surface area (Å²) in [6.45, 7) is 2.66. The number of pyridine rings is 1. The van der Waals surface area contributed by atoms with Crippen LogP contribution < -0.4 is 16.8 Å². The molecule has 1 aromatic carbocycles. The number of ether oxygens (including phenoxy) is 1. The normalized spacial score (nSPS) is 13.8. The Morgan fingerprint density at radius 3 is 2.57 bits per heavy atom. The third-order valence-electron chi connectivity index (χ3n) is 6.10. The average molecular weight is 468 g/mol. The second kappa shape index (κ2) is 8.74. The quantitative estimate of drug-likeness (QED) is 0.329. The lowest BCUT2D eigenvalue weighted by Crippen LogP contribution is -2.17. The molecular formula is C26H25N7O2. The van der Waals surface area contributed by atoms with E-state index >= 15 is 0 Å². The van der Waals surface area contributed by atoms with Crippen molar-refractivity contribution < 1.29 is 9.53 Å². The summed E-state index contributed by atoms with van der Waals surface area (Å²) in [5.41, 5.74) is 16.4. The molecular weight excluding hydrogens is 442 g/mol. The van der Waals surface area contributed by atoms with Crippen LogP contribution in [-0.4, -0.2) is 33.0 Å². The van der Waals surface area contributed by atoms with Crippen molar-refractivity contribution in [2.45, 2.75) is 31.8 Å². The number of nitrogens with one attached hydrogen (secondary N) is 2. The van der Waals surface area contributed by atoms with E-state index in [1.165, 1.54) is 0 Å². The van der Waals surface area contributed by atoms with Crippen LogP contribution in [0.5, 0.6) is 0 Å². The van der Waals surface area contributed by atoms with Gasteiger partial charge in [-0.05, 0) is 59.9 Å². The van der Waals surface area contributed by atoms with Gasteiger partial charge in [0.25, 0.3) is 5.91 Å². The lowest BCUT2D eigenvalue weighted by Gasteiger charge is -2.10. The van der Waals surface area contributed by atoms with E-state index in [1.54, 1.807) is 37.4 Å².